The smallest absolute Gasteiger partial charge is 0.226 e. The standard InChI is InChI=1S/C22H30N2O3/c25-21(23-15-16-9-10-20-17(14-16)6-5-13-27-20)18-7-1-2-8-19(18)22(26)24-11-3-4-12-24/h9-10,14,18-19H,1-8,11-13,15H2,(H,23,25). The van der Waals surface area contributed by atoms with Crippen LogP contribution in [0.1, 0.15) is 56.1 Å². The lowest BCUT2D eigenvalue weighted by molar-refractivity contribution is -0.142. The lowest BCUT2D eigenvalue weighted by Crippen LogP contribution is -2.44. The van der Waals surface area contributed by atoms with Crippen LogP contribution in [0, 0.1) is 11.8 Å². The molecule has 1 aromatic carbocycles. The minimum absolute atomic E-state index is 0.0428. The molecule has 1 saturated heterocycles. The highest BCUT2D eigenvalue weighted by molar-refractivity contribution is 5.88. The van der Waals surface area contributed by atoms with Gasteiger partial charge in [-0.05, 0) is 55.7 Å². The summed E-state index contributed by atoms with van der Waals surface area (Å²) >= 11 is 0. The van der Waals surface area contributed by atoms with Crippen molar-refractivity contribution < 1.29 is 14.3 Å². The zero-order valence-corrected chi connectivity index (χ0v) is 16.0. The maximum absolute atomic E-state index is 12.9. The summed E-state index contributed by atoms with van der Waals surface area (Å²) in [6.07, 6.45) is 8.04. The summed E-state index contributed by atoms with van der Waals surface area (Å²) in [4.78, 5) is 27.7. The number of nitrogens with one attached hydrogen (secondary N) is 1. The van der Waals surface area contributed by atoms with Crippen molar-refractivity contribution in [2.45, 2.75) is 57.9 Å². The molecule has 5 nitrogen and oxygen atoms in total. The van der Waals surface area contributed by atoms with Crippen LogP contribution < -0.4 is 10.1 Å². The van der Waals surface area contributed by atoms with Crippen LogP contribution in [0.5, 0.6) is 5.75 Å². The molecule has 1 saturated carbocycles. The van der Waals surface area contributed by atoms with Gasteiger partial charge in [0.25, 0.3) is 0 Å². The first-order valence-corrected chi connectivity index (χ1v) is 10.5. The van der Waals surface area contributed by atoms with Crippen molar-refractivity contribution in [1.29, 1.82) is 0 Å². The summed E-state index contributed by atoms with van der Waals surface area (Å²) in [5, 5.41) is 3.10. The maximum Gasteiger partial charge on any atom is 0.226 e. The van der Waals surface area contributed by atoms with Crippen molar-refractivity contribution in [1.82, 2.24) is 10.2 Å². The molecule has 3 aliphatic rings. The number of nitrogens with zero attached hydrogens (tertiary/aromatic N) is 1. The van der Waals surface area contributed by atoms with Gasteiger partial charge in [0.05, 0.1) is 6.61 Å². The molecule has 2 unspecified atom stereocenters. The number of hydrogen-bond acceptors (Lipinski definition) is 3. The van der Waals surface area contributed by atoms with Gasteiger partial charge >= 0.3 is 0 Å². The minimum atomic E-state index is -0.173. The number of fused-ring (bicyclic) bond motifs is 1. The van der Waals surface area contributed by atoms with Crippen LogP contribution in [0.2, 0.25) is 0 Å². The maximum atomic E-state index is 12.9. The van der Waals surface area contributed by atoms with Crippen LogP contribution >= 0.6 is 0 Å². The Balaban J connectivity index is 1.38. The van der Waals surface area contributed by atoms with Gasteiger partial charge in [0.2, 0.25) is 11.8 Å². The molecule has 1 N–H and O–H groups in total. The number of likely N-dealkylation sites (tertiary alicyclic amines) is 1. The van der Waals surface area contributed by atoms with Crippen LogP contribution in [-0.2, 0) is 22.6 Å². The van der Waals surface area contributed by atoms with Crippen molar-refractivity contribution >= 4 is 11.8 Å². The topological polar surface area (TPSA) is 58.6 Å². The molecule has 4 rings (SSSR count). The van der Waals surface area contributed by atoms with Crippen LogP contribution in [0.4, 0.5) is 0 Å². The largest absolute Gasteiger partial charge is 0.493 e. The summed E-state index contributed by atoms with van der Waals surface area (Å²) in [5.41, 5.74) is 2.33. The van der Waals surface area contributed by atoms with Crippen molar-refractivity contribution in [3.05, 3.63) is 29.3 Å². The molecule has 5 heteroatoms. The highest BCUT2D eigenvalue weighted by atomic mass is 16.5. The van der Waals surface area contributed by atoms with E-state index in [9.17, 15) is 9.59 Å². The molecule has 146 valence electrons. The Bertz CT molecular complexity index is 697. The van der Waals surface area contributed by atoms with Gasteiger partial charge in [0, 0.05) is 31.5 Å². The first kappa shape index (κ1) is 18.3. The second kappa shape index (κ2) is 8.32. The molecule has 27 heavy (non-hydrogen) atoms. The van der Waals surface area contributed by atoms with E-state index in [2.05, 4.69) is 11.4 Å². The lowest BCUT2D eigenvalue weighted by atomic mass is 9.78. The predicted molar refractivity (Wildman–Crippen MR) is 103 cm³/mol. The van der Waals surface area contributed by atoms with Gasteiger partial charge in [0.15, 0.2) is 0 Å². The Morgan fingerprint density at radius 1 is 1.04 bits per heavy atom. The average molecular weight is 370 g/mol. The number of rotatable bonds is 4. The van der Waals surface area contributed by atoms with Gasteiger partial charge in [-0.2, -0.15) is 0 Å². The summed E-state index contributed by atoms with van der Waals surface area (Å²) in [6, 6.07) is 6.18. The SMILES string of the molecule is O=C(NCc1ccc2c(c1)CCCO2)C1CCCCC1C(=O)N1CCCC1. The van der Waals surface area contributed by atoms with Gasteiger partial charge in [-0.3, -0.25) is 9.59 Å². The Labute approximate surface area is 161 Å². The molecular weight excluding hydrogens is 340 g/mol. The number of ether oxygens (including phenoxy) is 1. The van der Waals surface area contributed by atoms with Crippen molar-refractivity contribution in [2.75, 3.05) is 19.7 Å². The van der Waals surface area contributed by atoms with Crippen LogP contribution in [0.25, 0.3) is 0 Å². The van der Waals surface area contributed by atoms with Crippen LogP contribution in [0.15, 0.2) is 18.2 Å². The quantitative estimate of drug-likeness (QED) is 0.886. The molecule has 1 aliphatic carbocycles. The monoisotopic (exact) mass is 370 g/mol. The Morgan fingerprint density at radius 3 is 2.63 bits per heavy atom. The molecule has 2 fully saturated rings. The second-order valence-corrected chi connectivity index (χ2v) is 8.14. The first-order valence-electron chi connectivity index (χ1n) is 10.5. The fraction of sp³-hybridized carbons (Fsp3) is 0.636. The summed E-state index contributed by atoms with van der Waals surface area (Å²) in [6.45, 7) is 3.03. The summed E-state index contributed by atoms with van der Waals surface area (Å²) < 4.78 is 5.66. The third-order valence-corrected chi connectivity index (χ3v) is 6.28. The fourth-order valence-corrected chi connectivity index (χ4v) is 4.76. The second-order valence-electron chi connectivity index (χ2n) is 8.14. The third-order valence-electron chi connectivity index (χ3n) is 6.28. The van der Waals surface area contributed by atoms with Gasteiger partial charge in [0.1, 0.15) is 5.75 Å². The zero-order valence-electron chi connectivity index (χ0n) is 16.0. The number of carbonyl (C=O) groups excluding carboxylic acids is 2. The van der Waals surface area contributed by atoms with E-state index in [-0.39, 0.29) is 23.7 Å². The van der Waals surface area contributed by atoms with Crippen LogP contribution in [0.3, 0.4) is 0 Å². The van der Waals surface area contributed by atoms with E-state index in [1.807, 2.05) is 17.0 Å². The Kier molecular flexibility index (Phi) is 5.65. The van der Waals surface area contributed by atoms with E-state index in [0.29, 0.717) is 6.54 Å². The highest BCUT2D eigenvalue weighted by Crippen LogP contribution is 2.33. The molecule has 2 heterocycles. The fourth-order valence-electron chi connectivity index (χ4n) is 4.76. The van der Waals surface area contributed by atoms with Gasteiger partial charge in [-0.25, -0.2) is 0 Å². The van der Waals surface area contributed by atoms with E-state index in [1.54, 1.807) is 0 Å². The predicted octanol–water partition coefficient (Wildman–Crippen LogP) is 3.06. The van der Waals surface area contributed by atoms with Crippen molar-refractivity contribution in [3.8, 4) is 5.75 Å². The molecule has 1 aromatic rings. The molecule has 0 spiro atoms. The van der Waals surface area contributed by atoms with E-state index in [0.717, 1.165) is 82.4 Å². The molecule has 2 atom stereocenters. The number of aryl methyl sites for hydroxylation is 1. The number of carbonyl (C=O) groups is 2. The first-order chi connectivity index (χ1) is 13.2. The molecular formula is C22H30N2O3. The summed E-state index contributed by atoms with van der Waals surface area (Å²) in [5.74, 6) is 0.918. The van der Waals surface area contributed by atoms with Crippen molar-refractivity contribution in [2.24, 2.45) is 11.8 Å². The van der Waals surface area contributed by atoms with E-state index in [4.69, 9.17) is 4.74 Å². The molecule has 0 bridgehead atoms. The summed E-state index contributed by atoms with van der Waals surface area (Å²) in [7, 11) is 0. The third kappa shape index (κ3) is 4.12. The normalized spacial score (nSPS) is 24.8. The molecule has 2 aliphatic heterocycles. The molecule has 0 radical (unpaired) electrons. The minimum Gasteiger partial charge on any atom is -0.493 e. The van der Waals surface area contributed by atoms with E-state index in [1.165, 1.54) is 5.56 Å². The van der Waals surface area contributed by atoms with Gasteiger partial charge in [-0.1, -0.05) is 25.0 Å². The van der Waals surface area contributed by atoms with Crippen molar-refractivity contribution in [3.63, 3.8) is 0 Å². The Hall–Kier alpha value is -2.04. The number of benzene rings is 1. The molecule has 2 amide bonds. The van der Waals surface area contributed by atoms with E-state index < -0.39 is 0 Å². The van der Waals surface area contributed by atoms with Gasteiger partial charge < -0.3 is 15.0 Å². The Morgan fingerprint density at radius 2 is 1.81 bits per heavy atom. The highest BCUT2D eigenvalue weighted by Gasteiger charge is 2.38. The zero-order chi connectivity index (χ0) is 18.6. The van der Waals surface area contributed by atoms with Gasteiger partial charge in [-0.15, -0.1) is 0 Å². The van der Waals surface area contributed by atoms with Crippen LogP contribution in [-0.4, -0.2) is 36.4 Å². The lowest BCUT2D eigenvalue weighted by Gasteiger charge is -2.32. The number of hydrogen-bond donors (Lipinski definition) is 1. The average Bonchev–Trinajstić information content (AvgIpc) is 3.26. The molecule has 0 aromatic heterocycles. The number of amides is 2. The van der Waals surface area contributed by atoms with E-state index >= 15 is 0 Å².